The van der Waals surface area contributed by atoms with Crippen LogP contribution in [0.5, 0.6) is 0 Å². The summed E-state index contributed by atoms with van der Waals surface area (Å²) >= 11 is 1.21. The van der Waals surface area contributed by atoms with Crippen molar-refractivity contribution in [3.05, 3.63) is 65.0 Å². The minimum atomic E-state index is -0.727. The van der Waals surface area contributed by atoms with Gasteiger partial charge in [-0.05, 0) is 35.7 Å². The van der Waals surface area contributed by atoms with E-state index in [4.69, 9.17) is 9.15 Å². The molecule has 0 spiro atoms. The van der Waals surface area contributed by atoms with Gasteiger partial charge in [0.05, 0.1) is 18.5 Å². The maximum Gasteiger partial charge on any atom is 0.350 e. The fourth-order valence-corrected chi connectivity index (χ4v) is 2.92. The second-order valence-electron chi connectivity index (χ2n) is 5.11. The van der Waals surface area contributed by atoms with Crippen molar-refractivity contribution in [2.45, 2.75) is 6.54 Å². The fourth-order valence-electron chi connectivity index (χ4n) is 2.14. The highest BCUT2D eigenvalue weighted by Crippen LogP contribution is 2.22. The Kier molecular flexibility index (Phi) is 5.49. The van der Waals surface area contributed by atoms with Crippen LogP contribution in [0.2, 0.25) is 0 Å². The molecule has 3 heterocycles. The van der Waals surface area contributed by atoms with Gasteiger partial charge in [0.25, 0.3) is 5.91 Å². The highest BCUT2D eigenvalue weighted by Gasteiger charge is 2.18. The lowest BCUT2D eigenvalue weighted by molar-refractivity contribution is -0.123. The van der Waals surface area contributed by atoms with E-state index in [9.17, 15) is 14.4 Å². The third-order valence-electron chi connectivity index (χ3n) is 3.30. The summed E-state index contributed by atoms with van der Waals surface area (Å²) in [4.78, 5) is 35.9. The number of nitrogens with one attached hydrogen (secondary N) is 2. The first-order valence-corrected chi connectivity index (χ1v) is 8.49. The summed E-state index contributed by atoms with van der Waals surface area (Å²) in [6.07, 6.45) is 5.08. The van der Waals surface area contributed by atoms with Gasteiger partial charge in [0, 0.05) is 12.4 Å². The maximum absolute atomic E-state index is 12.2. The van der Waals surface area contributed by atoms with Crippen LogP contribution in [0.15, 0.2) is 58.8 Å². The molecule has 0 unspecified atom stereocenters. The summed E-state index contributed by atoms with van der Waals surface area (Å²) in [5.41, 5.74) is 0.668. The number of hydrogen-bond acceptors (Lipinski definition) is 6. The zero-order valence-corrected chi connectivity index (χ0v) is 14.3. The molecule has 0 bridgehead atoms. The Balaban J connectivity index is 1.46. The van der Waals surface area contributed by atoms with Crippen LogP contribution in [0, 0.1) is 0 Å². The molecule has 0 saturated carbocycles. The summed E-state index contributed by atoms with van der Waals surface area (Å²) in [5, 5.41) is 6.29. The molecule has 0 radical (unpaired) electrons. The van der Waals surface area contributed by atoms with Crippen LogP contribution in [0.4, 0.5) is 4.79 Å². The van der Waals surface area contributed by atoms with Crippen molar-refractivity contribution in [1.29, 1.82) is 0 Å². The van der Waals surface area contributed by atoms with E-state index >= 15 is 0 Å². The quantitative estimate of drug-likeness (QED) is 0.646. The van der Waals surface area contributed by atoms with Gasteiger partial charge >= 0.3 is 12.0 Å². The van der Waals surface area contributed by atoms with Crippen molar-refractivity contribution in [1.82, 2.24) is 15.2 Å². The molecule has 0 atom stereocenters. The van der Waals surface area contributed by atoms with Crippen LogP contribution < -0.4 is 10.6 Å². The Hall–Kier alpha value is -3.33. The highest BCUT2D eigenvalue weighted by molar-refractivity contribution is 7.12. The number of aromatic nitrogens is 1. The molecule has 0 aliphatic carbocycles. The van der Waals surface area contributed by atoms with Gasteiger partial charge in [-0.25, -0.2) is 9.59 Å². The van der Waals surface area contributed by atoms with Crippen LogP contribution >= 0.6 is 11.3 Å². The van der Waals surface area contributed by atoms with Crippen molar-refractivity contribution >= 4 is 29.2 Å². The van der Waals surface area contributed by atoms with E-state index in [2.05, 4.69) is 10.6 Å². The molecule has 8 nitrogen and oxygen atoms in total. The maximum atomic E-state index is 12.2. The summed E-state index contributed by atoms with van der Waals surface area (Å²) in [7, 11) is 0. The number of amides is 3. The molecule has 9 heteroatoms. The number of carbonyl (C=O) groups is 3. The molecular formula is C17H15N3O5S. The molecular weight excluding hydrogens is 358 g/mol. The van der Waals surface area contributed by atoms with Crippen LogP contribution in [0.25, 0.3) is 5.69 Å². The number of furan rings is 1. The molecule has 3 aromatic heterocycles. The zero-order chi connectivity index (χ0) is 18.4. The number of carbonyl (C=O) groups excluding carboxylic acids is 3. The van der Waals surface area contributed by atoms with E-state index in [1.54, 1.807) is 40.5 Å². The van der Waals surface area contributed by atoms with Crippen LogP contribution in [-0.4, -0.2) is 29.1 Å². The highest BCUT2D eigenvalue weighted by atomic mass is 32.1. The first-order valence-electron chi connectivity index (χ1n) is 7.61. The molecule has 3 rings (SSSR count). The number of thiophene rings is 1. The van der Waals surface area contributed by atoms with Crippen LogP contribution in [0.1, 0.15) is 15.4 Å². The number of esters is 1. The number of ether oxygens (including phenoxy) is 1. The van der Waals surface area contributed by atoms with Gasteiger partial charge in [-0.1, -0.05) is 0 Å². The van der Waals surface area contributed by atoms with Gasteiger partial charge in [-0.15, -0.1) is 11.3 Å². The van der Waals surface area contributed by atoms with E-state index in [1.807, 2.05) is 12.1 Å². The minimum Gasteiger partial charge on any atom is -0.467 e. The summed E-state index contributed by atoms with van der Waals surface area (Å²) in [6, 6.07) is 8.12. The van der Waals surface area contributed by atoms with Gasteiger partial charge in [0.2, 0.25) is 0 Å². The summed E-state index contributed by atoms with van der Waals surface area (Å²) in [5.74, 6) is -0.807. The second kappa shape index (κ2) is 8.17. The van der Waals surface area contributed by atoms with Gasteiger partial charge in [0.1, 0.15) is 10.6 Å². The van der Waals surface area contributed by atoms with E-state index in [0.717, 1.165) is 0 Å². The molecule has 0 saturated heterocycles. The van der Waals surface area contributed by atoms with Crippen molar-refractivity contribution in [2.24, 2.45) is 0 Å². The topological polar surface area (TPSA) is 103 Å². The van der Waals surface area contributed by atoms with Gasteiger partial charge in [0.15, 0.2) is 6.61 Å². The van der Waals surface area contributed by atoms with Crippen molar-refractivity contribution in [3.8, 4) is 5.69 Å². The van der Waals surface area contributed by atoms with E-state index in [1.165, 1.54) is 17.6 Å². The molecule has 26 heavy (non-hydrogen) atoms. The predicted octanol–water partition coefficient (Wildman–Crippen LogP) is 2.31. The lowest BCUT2D eigenvalue weighted by atomic mass is 10.4. The van der Waals surface area contributed by atoms with Gasteiger partial charge in [-0.2, -0.15) is 0 Å². The minimum absolute atomic E-state index is 0.140. The van der Waals surface area contributed by atoms with Crippen molar-refractivity contribution in [3.63, 3.8) is 0 Å². The normalized spacial score (nSPS) is 10.3. The van der Waals surface area contributed by atoms with E-state index in [0.29, 0.717) is 16.3 Å². The Morgan fingerprint density at radius 1 is 1.15 bits per heavy atom. The van der Waals surface area contributed by atoms with Gasteiger partial charge in [-0.3, -0.25) is 10.1 Å². The molecule has 3 aromatic rings. The van der Waals surface area contributed by atoms with Gasteiger partial charge < -0.3 is 19.0 Å². The largest absolute Gasteiger partial charge is 0.467 e. The number of nitrogens with zero attached hydrogens (tertiary/aromatic N) is 1. The average molecular weight is 373 g/mol. The Labute approximate surface area is 152 Å². The summed E-state index contributed by atoms with van der Waals surface area (Å²) < 4.78 is 11.8. The van der Waals surface area contributed by atoms with E-state index < -0.39 is 24.5 Å². The Morgan fingerprint density at radius 3 is 2.69 bits per heavy atom. The number of imide groups is 1. The van der Waals surface area contributed by atoms with E-state index in [-0.39, 0.29) is 6.54 Å². The number of hydrogen-bond donors (Lipinski definition) is 2. The predicted molar refractivity (Wildman–Crippen MR) is 93.0 cm³/mol. The standard InChI is InChI=1S/C17H15N3O5S/c21-14(19-17(23)18-10-12-4-3-8-24-12)11-25-16(22)15-13(5-9-26-15)20-6-1-2-7-20/h1-9H,10-11H2,(H2,18,19,21,23). The fraction of sp³-hybridized carbons (Fsp3) is 0.118. The number of urea groups is 1. The molecule has 2 N–H and O–H groups in total. The Morgan fingerprint density at radius 2 is 1.96 bits per heavy atom. The Bertz CT molecular complexity index is 884. The molecule has 134 valence electrons. The second-order valence-corrected chi connectivity index (χ2v) is 6.03. The monoisotopic (exact) mass is 373 g/mol. The molecule has 3 amide bonds. The first kappa shape index (κ1) is 17.5. The van der Waals surface area contributed by atoms with Crippen molar-refractivity contribution < 1.29 is 23.5 Å². The lowest BCUT2D eigenvalue weighted by Gasteiger charge is -2.07. The molecule has 0 aromatic carbocycles. The number of rotatable bonds is 6. The van der Waals surface area contributed by atoms with Crippen LogP contribution in [-0.2, 0) is 16.1 Å². The third kappa shape index (κ3) is 4.39. The van der Waals surface area contributed by atoms with Crippen LogP contribution in [0.3, 0.4) is 0 Å². The average Bonchev–Trinajstić information content (AvgIpc) is 3.39. The molecule has 0 aliphatic heterocycles. The summed E-state index contributed by atoms with van der Waals surface area (Å²) in [6.45, 7) is -0.419. The molecule has 0 fully saturated rings. The van der Waals surface area contributed by atoms with Crippen molar-refractivity contribution in [2.75, 3.05) is 6.61 Å². The first-order chi connectivity index (χ1) is 12.6. The SMILES string of the molecule is O=C(COC(=O)c1sccc1-n1cccc1)NC(=O)NCc1ccco1. The smallest absolute Gasteiger partial charge is 0.350 e. The third-order valence-corrected chi connectivity index (χ3v) is 4.19. The lowest BCUT2D eigenvalue weighted by Crippen LogP contribution is -2.41. The zero-order valence-electron chi connectivity index (χ0n) is 13.5. The molecule has 0 aliphatic rings.